The molecule has 0 amide bonds. The molecule has 8 nitrogen and oxygen atoms in total. The Morgan fingerprint density at radius 3 is 2.64 bits per heavy atom. The van der Waals surface area contributed by atoms with Gasteiger partial charge in [-0.05, 0) is 36.3 Å². The fourth-order valence-electron chi connectivity index (χ4n) is 2.30. The van der Waals surface area contributed by atoms with Gasteiger partial charge in [0, 0.05) is 16.6 Å². The van der Waals surface area contributed by atoms with Crippen LogP contribution < -0.4 is 9.47 Å². The van der Waals surface area contributed by atoms with E-state index < -0.39 is 17.5 Å². The normalized spacial score (nSPS) is 10.8. The van der Waals surface area contributed by atoms with E-state index in [1.807, 2.05) is 6.07 Å². The van der Waals surface area contributed by atoms with Crippen molar-refractivity contribution < 1.29 is 24.3 Å². The van der Waals surface area contributed by atoms with Gasteiger partial charge in [0.15, 0.2) is 18.1 Å². The molecule has 1 N–H and O–H groups in total. The van der Waals surface area contributed by atoms with Crippen LogP contribution in [-0.2, 0) is 4.79 Å². The van der Waals surface area contributed by atoms with Gasteiger partial charge in [-0.1, -0.05) is 28.1 Å². The first-order valence-corrected chi connectivity index (χ1v) is 8.82. The summed E-state index contributed by atoms with van der Waals surface area (Å²) in [4.78, 5) is 21.2. The van der Waals surface area contributed by atoms with Crippen molar-refractivity contribution in [3.05, 3.63) is 62.1 Å². The van der Waals surface area contributed by atoms with Crippen molar-refractivity contribution in [1.82, 2.24) is 0 Å². The maximum Gasteiger partial charge on any atom is 0.341 e. The van der Waals surface area contributed by atoms with E-state index in [2.05, 4.69) is 15.9 Å². The van der Waals surface area contributed by atoms with Gasteiger partial charge in [-0.25, -0.2) is 4.79 Å². The number of ether oxygens (including phenoxy) is 2. The number of benzene rings is 2. The Balaban J connectivity index is 2.48. The van der Waals surface area contributed by atoms with E-state index in [4.69, 9.17) is 14.6 Å². The zero-order chi connectivity index (χ0) is 20.7. The molecule has 144 valence electrons. The van der Waals surface area contributed by atoms with E-state index >= 15 is 0 Å². The predicted octanol–water partition coefficient (Wildman–Crippen LogP) is 4.28. The second-order valence-corrected chi connectivity index (χ2v) is 6.27. The zero-order valence-electron chi connectivity index (χ0n) is 14.7. The first-order chi connectivity index (χ1) is 13.3. The largest absolute Gasteiger partial charge is 0.490 e. The Morgan fingerprint density at radius 2 is 2.04 bits per heavy atom. The number of carboxylic acids is 1. The molecule has 0 unspecified atom stereocenters. The lowest BCUT2D eigenvalue weighted by atomic mass is 10.0. The number of aliphatic carboxylic acids is 1. The number of nitro benzene ring substituents is 1. The molecule has 0 saturated heterocycles. The second kappa shape index (κ2) is 9.53. The summed E-state index contributed by atoms with van der Waals surface area (Å²) in [6.45, 7) is 1.56. The number of carbonyl (C=O) groups is 1. The Bertz CT molecular complexity index is 981. The Morgan fingerprint density at radius 1 is 1.32 bits per heavy atom. The van der Waals surface area contributed by atoms with Crippen molar-refractivity contribution in [3.63, 3.8) is 0 Å². The summed E-state index contributed by atoms with van der Waals surface area (Å²) in [6.07, 6.45) is 1.55. The van der Waals surface area contributed by atoms with E-state index in [0.717, 1.165) is 0 Å². The van der Waals surface area contributed by atoms with Gasteiger partial charge in [0.1, 0.15) is 0 Å². The van der Waals surface area contributed by atoms with Crippen molar-refractivity contribution in [1.29, 1.82) is 5.26 Å². The molecular weight excluding hydrogens is 432 g/mol. The fraction of sp³-hybridized carbons (Fsp3) is 0.158. The van der Waals surface area contributed by atoms with E-state index in [1.54, 1.807) is 31.2 Å². The maximum atomic E-state index is 11.0. The molecule has 0 bridgehead atoms. The van der Waals surface area contributed by atoms with Crippen LogP contribution in [0, 0.1) is 21.4 Å². The minimum atomic E-state index is -1.13. The molecule has 9 heteroatoms. The molecule has 0 aromatic heterocycles. The molecule has 0 aliphatic rings. The molecule has 0 radical (unpaired) electrons. The van der Waals surface area contributed by atoms with E-state index in [-0.39, 0.29) is 17.0 Å². The third-order valence-electron chi connectivity index (χ3n) is 3.50. The van der Waals surface area contributed by atoms with Crippen molar-refractivity contribution in [2.45, 2.75) is 6.92 Å². The molecule has 2 aromatic rings. The van der Waals surface area contributed by atoms with E-state index in [0.29, 0.717) is 28.0 Å². The third-order valence-corrected chi connectivity index (χ3v) is 4.19. The average Bonchev–Trinajstić information content (AvgIpc) is 2.67. The number of hydrogen-bond acceptors (Lipinski definition) is 6. The smallest absolute Gasteiger partial charge is 0.341 e. The quantitative estimate of drug-likeness (QED) is 0.277. The molecule has 2 rings (SSSR count). The topological polar surface area (TPSA) is 123 Å². The SMILES string of the molecule is CCOc1cc(C=C(C#N)c2cccc([N+](=O)[O-])c2)c(Br)cc1OCC(=O)O. The van der Waals surface area contributed by atoms with Gasteiger partial charge in [-0.3, -0.25) is 10.1 Å². The van der Waals surface area contributed by atoms with Crippen LogP contribution in [0.15, 0.2) is 40.9 Å². The Hall–Kier alpha value is -3.38. The number of allylic oxidation sites excluding steroid dienone is 1. The molecule has 0 aliphatic heterocycles. The number of rotatable bonds is 8. The summed E-state index contributed by atoms with van der Waals surface area (Å²) in [5, 5.41) is 29.3. The minimum absolute atomic E-state index is 0.120. The number of nitro groups is 1. The Labute approximate surface area is 168 Å². The molecule has 0 fully saturated rings. The van der Waals surface area contributed by atoms with Crippen molar-refractivity contribution in [2.24, 2.45) is 0 Å². The summed E-state index contributed by atoms with van der Waals surface area (Å²) in [6, 6.07) is 10.9. The maximum absolute atomic E-state index is 11.0. The highest BCUT2D eigenvalue weighted by molar-refractivity contribution is 9.10. The van der Waals surface area contributed by atoms with Crippen LogP contribution in [0.4, 0.5) is 5.69 Å². The highest BCUT2D eigenvalue weighted by Gasteiger charge is 2.14. The van der Waals surface area contributed by atoms with Crippen molar-refractivity contribution in [2.75, 3.05) is 13.2 Å². The number of carboxylic acid groups (broad SMARTS) is 1. The van der Waals surface area contributed by atoms with Crippen LogP contribution in [0.5, 0.6) is 11.5 Å². The summed E-state index contributed by atoms with van der Waals surface area (Å²) in [5.41, 5.74) is 1.05. The molecule has 0 aliphatic carbocycles. The van der Waals surface area contributed by atoms with Crippen molar-refractivity contribution >= 4 is 39.2 Å². The molecule has 0 saturated carbocycles. The standard InChI is InChI=1S/C19H15BrN2O6/c1-2-27-17-8-13(16(20)9-18(17)28-11-19(23)24)6-14(10-21)12-4-3-5-15(7-12)22(25)26/h3-9H,2,11H2,1H3,(H,23,24). The van der Waals surface area contributed by atoms with E-state index in [1.165, 1.54) is 18.2 Å². The monoisotopic (exact) mass is 446 g/mol. The predicted molar refractivity (Wildman–Crippen MR) is 105 cm³/mol. The number of nitrogens with zero attached hydrogens (tertiary/aromatic N) is 2. The van der Waals surface area contributed by atoms with Gasteiger partial charge in [0.25, 0.3) is 5.69 Å². The van der Waals surface area contributed by atoms with Gasteiger partial charge < -0.3 is 14.6 Å². The lowest BCUT2D eigenvalue weighted by Crippen LogP contribution is -2.10. The Kier molecular flexibility index (Phi) is 7.12. The number of halogens is 1. The fourth-order valence-corrected chi connectivity index (χ4v) is 2.74. The molecule has 0 spiro atoms. The lowest BCUT2D eigenvalue weighted by Gasteiger charge is -2.13. The molecule has 0 atom stereocenters. The molecule has 0 heterocycles. The van der Waals surface area contributed by atoms with Gasteiger partial charge >= 0.3 is 5.97 Å². The number of non-ortho nitro benzene ring substituents is 1. The van der Waals surface area contributed by atoms with Crippen LogP contribution >= 0.6 is 15.9 Å². The van der Waals surface area contributed by atoms with Crippen molar-refractivity contribution in [3.8, 4) is 17.6 Å². The first kappa shape index (κ1) is 20.9. The van der Waals surface area contributed by atoms with Crippen LogP contribution in [0.1, 0.15) is 18.1 Å². The zero-order valence-corrected chi connectivity index (χ0v) is 16.3. The van der Waals surface area contributed by atoms with Crippen LogP contribution in [0.2, 0.25) is 0 Å². The molecular formula is C19H15BrN2O6. The van der Waals surface area contributed by atoms with Gasteiger partial charge in [0.2, 0.25) is 0 Å². The highest BCUT2D eigenvalue weighted by atomic mass is 79.9. The minimum Gasteiger partial charge on any atom is -0.490 e. The lowest BCUT2D eigenvalue weighted by molar-refractivity contribution is -0.384. The first-order valence-electron chi connectivity index (χ1n) is 8.03. The van der Waals surface area contributed by atoms with Gasteiger partial charge in [0.05, 0.1) is 23.2 Å². The van der Waals surface area contributed by atoms with Crippen LogP contribution in [0.25, 0.3) is 11.6 Å². The summed E-state index contributed by atoms with van der Waals surface area (Å²) >= 11 is 3.36. The van der Waals surface area contributed by atoms with Gasteiger partial charge in [-0.15, -0.1) is 0 Å². The summed E-state index contributed by atoms with van der Waals surface area (Å²) in [7, 11) is 0. The third kappa shape index (κ3) is 5.31. The average molecular weight is 447 g/mol. The number of nitriles is 1. The second-order valence-electron chi connectivity index (χ2n) is 5.41. The summed E-state index contributed by atoms with van der Waals surface area (Å²) < 4.78 is 11.3. The van der Waals surface area contributed by atoms with Crippen LogP contribution in [-0.4, -0.2) is 29.2 Å². The van der Waals surface area contributed by atoms with Crippen LogP contribution in [0.3, 0.4) is 0 Å². The summed E-state index contributed by atoms with van der Waals surface area (Å²) in [5.74, 6) is -0.573. The number of hydrogen-bond donors (Lipinski definition) is 1. The van der Waals surface area contributed by atoms with E-state index in [9.17, 15) is 20.2 Å². The highest BCUT2D eigenvalue weighted by Crippen LogP contribution is 2.36. The van der Waals surface area contributed by atoms with Gasteiger partial charge in [-0.2, -0.15) is 5.26 Å². The molecule has 2 aromatic carbocycles. The molecule has 28 heavy (non-hydrogen) atoms.